The van der Waals surface area contributed by atoms with Crippen molar-refractivity contribution in [1.29, 1.82) is 0 Å². The van der Waals surface area contributed by atoms with Crippen molar-refractivity contribution in [2.45, 2.75) is 19.3 Å². The van der Waals surface area contributed by atoms with Crippen molar-refractivity contribution in [3.05, 3.63) is 66.2 Å². The third-order valence-corrected chi connectivity index (χ3v) is 5.22. The molecular weight excluding hydrogens is 358 g/mol. The van der Waals surface area contributed by atoms with E-state index in [1.54, 1.807) is 0 Å². The molecule has 3 aromatic rings. The van der Waals surface area contributed by atoms with Gasteiger partial charge >= 0.3 is 0 Å². The first-order chi connectivity index (χ1) is 14.2. The van der Waals surface area contributed by atoms with Crippen LogP contribution in [0.3, 0.4) is 0 Å². The monoisotopic (exact) mass is 387 g/mol. The van der Waals surface area contributed by atoms with Crippen LogP contribution in [0.5, 0.6) is 0 Å². The molecular formula is C24H29N5. The van der Waals surface area contributed by atoms with Gasteiger partial charge in [0.25, 0.3) is 0 Å². The smallest absolute Gasteiger partial charge is 0.232 e. The molecule has 0 fully saturated rings. The lowest BCUT2D eigenvalue weighted by Gasteiger charge is -2.30. The summed E-state index contributed by atoms with van der Waals surface area (Å²) in [6, 6.07) is 21.0. The van der Waals surface area contributed by atoms with Crippen LogP contribution in [0.2, 0.25) is 0 Å². The van der Waals surface area contributed by atoms with Crippen molar-refractivity contribution in [1.82, 2.24) is 14.9 Å². The molecule has 5 heteroatoms. The number of hydrogen-bond donors (Lipinski definition) is 1. The third kappa shape index (κ3) is 4.74. The Labute approximate surface area is 173 Å². The quantitative estimate of drug-likeness (QED) is 0.601. The van der Waals surface area contributed by atoms with Gasteiger partial charge in [-0.25, -0.2) is 4.98 Å². The number of aromatic nitrogens is 2. The summed E-state index contributed by atoms with van der Waals surface area (Å²) in [5.41, 5.74) is 4.65. The van der Waals surface area contributed by atoms with Gasteiger partial charge in [-0.05, 0) is 51.5 Å². The molecule has 1 N–H and O–H groups in total. The highest BCUT2D eigenvalue weighted by Gasteiger charge is 2.21. The fraction of sp³-hybridized carbons (Fsp3) is 0.333. The average molecular weight is 388 g/mol. The SMILES string of the molecule is CN(C)CCCNc1cc(-c2ccccc2)nc(N2CCCc3ccccc32)n1. The van der Waals surface area contributed by atoms with Crippen LogP contribution in [0.1, 0.15) is 18.4 Å². The number of fused-ring (bicyclic) bond motifs is 1. The van der Waals surface area contributed by atoms with E-state index in [1.807, 2.05) is 6.07 Å². The van der Waals surface area contributed by atoms with Crippen molar-refractivity contribution < 1.29 is 0 Å². The van der Waals surface area contributed by atoms with Crippen molar-refractivity contribution >= 4 is 17.5 Å². The molecule has 0 spiro atoms. The maximum Gasteiger partial charge on any atom is 0.232 e. The summed E-state index contributed by atoms with van der Waals surface area (Å²) in [7, 11) is 4.20. The van der Waals surface area contributed by atoms with Gasteiger partial charge in [-0.3, -0.25) is 0 Å². The molecule has 0 saturated carbocycles. The molecule has 0 amide bonds. The number of nitrogens with one attached hydrogen (secondary N) is 1. The number of nitrogens with zero attached hydrogens (tertiary/aromatic N) is 4. The van der Waals surface area contributed by atoms with Crippen molar-refractivity contribution in [2.75, 3.05) is 43.9 Å². The highest BCUT2D eigenvalue weighted by Crippen LogP contribution is 2.33. The highest BCUT2D eigenvalue weighted by atomic mass is 15.3. The number of aryl methyl sites for hydroxylation is 1. The molecule has 4 rings (SSSR count). The van der Waals surface area contributed by atoms with E-state index in [0.717, 1.165) is 61.9 Å². The number of hydrogen-bond acceptors (Lipinski definition) is 5. The molecule has 1 aliphatic heterocycles. The van der Waals surface area contributed by atoms with E-state index in [-0.39, 0.29) is 0 Å². The molecule has 0 radical (unpaired) electrons. The lowest BCUT2D eigenvalue weighted by atomic mass is 10.0. The summed E-state index contributed by atoms with van der Waals surface area (Å²) >= 11 is 0. The van der Waals surface area contributed by atoms with Gasteiger partial charge in [-0.2, -0.15) is 4.98 Å². The first-order valence-corrected chi connectivity index (χ1v) is 10.4. The van der Waals surface area contributed by atoms with E-state index in [4.69, 9.17) is 9.97 Å². The van der Waals surface area contributed by atoms with E-state index in [2.05, 4.69) is 83.8 Å². The predicted molar refractivity (Wildman–Crippen MR) is 121 cm³/mol. The zero-order valence-corrected chi connectivity index (χ0v) is 17.3. The minimum atomic E-state index is 0.772. The number of para-hydroxylation sites is 1. The molecule has 0 saturated heterocycles. The van der Waals surface area contributed by atoms with Crippen LogP contribution < -0.4 is 10.2 Å². The Morgan fingerprint density at radius 1 is 1.00 bits per heavy atom. The zero-order valence-electron chi connectivity index (χ0n) is 17.3. The first kappa shape index (κ1) is 19.4. The summed E-state index contributed by atoms with van der Waals surface area (Å²) in [4.78, 5) is 14.3. The predicted octanol–water partition coefficient (Wildman–Crippen LogP) is 4.59. The Kier molecular flexibility index (Phi) is 6.06. The van der Waals surface area contributed by atoms with Gasteiger partial charge in [0.1, 0.15) is 5.82 Å². The minimum Gasteiger partial charge on any atom is -0.370 e. The normalized spacial score (nSPS) is 13.4. The second-order valence-electron chi connectivity index (χ2n) is 7.77. The summed E-state index contributed by atoms with van der Waals surface area (Å²) in [5, 5.41) is 3.51. The van der Waals surface area contributed by atoms with Crippen molar-refractivity contribution in [3.8, 4) is 11.3 Å². The van der Waals surface area contributed by atoms with Gasteiger partial charge in [0.15, 0.2) is 0 Å². The van der Waals surface area contributed by atoms with Gasteiger partial charge in [-0.15, -0.1) is 0 Å². The van der Waals surface area contributed by atoms with E-state index in [9.17, 15) is 0 Å². The fourth-order valence-electron chi connectivity index (χ4n) is 3.76. The Bertz CT molecular complexity index is 939. The number of rotatable bonds is 7. The van der Waals surface area contributed by atoms with Crippen LogP contribution in [0.25, 0.3) is 11.3 Å². The van der Waals surface area contributed by atoms with Gasteiger partial charge in [0.05, 0.1) is 5.69 Å². The van der Waals surface area contributed by atoms with Crippen LogP contribution >= 0.6 is 0 Å². The van der Waals surface area contributed by atoms with Crippen molar-refractivity contribution in [3.63, 3.8) is 0 Å². The molecule has 150 valence electrons. The lowest BCUT2D eigenvalue weighted by Crippen LogP contribution is -2.26. The molecule has 0 atom stereocenters. The summed E-state index contributed by atoms with van der Waals surface area (Å²) < 4.78 is 0. The Hall–Kier alpha value is -2.92. The van der Waals surface area contributed by atoms with Gasteiger partial charge in [-0.1, -0.05) is 48.5 Å². The summed E-state index contributed by atoms with van der Waals surface area (Å²) in [6.45, 7) is 2.88. The Balaban J connectivity index is 1.67. The second kappa shape index (κ2) is 9.05. The van der Waals surface area contributed by atoms with Crippen LogP contribution in [-0.2, 0) is 6.42 Å². The average Bonchev–Trinajstić information content (AvgIpc) is 2.76. The summed E-state index contributed by atoms with van der Waals surface area (Å²) in [5.74, 6) is 1.66. The molecule has 0 unspecified atom stereocenters. The molecule has 0 aliphatic carbocycles. The second-order valence-corrected chi connectivity index (χ2v) is 7.77. The molecule has 2 heterocycles. The molecule has 1 aliphatic rings. The fourth-order valence-corrected chi connectivity index (χ4v) is 3.76. The maximum absolute atomic E-state index is 4.95. The number of benzene rings is 2. The van der Waals surface area contributed by atoms with Crippen LogP contribution in [0.4, 0.5) is 17.5 Å². The highest BCUT2D eigenvalue weighted by molar-refractivity contribution is 5.69. The largest absolute Gasteiger partial charge is 0.370 e. The van der Waals surface area contributed by atoms with Gasteiger partial charge < -0.3 is 15.1 Å². The van der Waals surface area contributed by atoms with Gasteiger partial charge in [0, 0.05) is 30.4 Å². The van der Waals surface area contributed by atoms with E-state index >= 15 is 0 Å². The van der Waals surface area contributed by atoms with Crippen LogP contribution in [0.15, 0.2) is 60.7 Å². The number of anilines is 3. The zero-order chi connectivity index (χ0) is 20.1. The van der Waals surface area contributed by atoms with Crippen molar-refractivity contribution in [2.24, 2.45) is 0 Å². The van der Waals surface area contributed by atoms with Crippen LogP contribution in [-0.4, -0.2) is 48.6 Å². The molecule has 1 aromatic heterocycles. The van der Waals surface area contributed by atoms with E-state index in [1.165, 1.54) is 11.3 Å². The molecule has 2 aromatic carbocycles. The Morgan fingerprint density at radius 2 is 1.79 bits per heavy atom. The van der Waals surface area contributed by atoms with Crippen LogP contribution in [0, 0.1) is 0 Å². The summed E-state index contributed by atoms with van der Waals surface area (Å²) in [6.07, 6.45) is 3.29. The van der Waals surface area contributed by atoms with E-state index in [0.29, 0.717) is 0 Å². The molecule has 5 nitrogen and oxygen atoms in total. The van der Waals surface area contributed by atoms with E-state index < -0.39 is 0 Å². The minimum absolute atomic E-state index is 0.772. The Morgan fingerprint density at radius 3 is 2.62 bits per heavy atom. The first-order valence-electron chi connectivity index (χ1n) is 10.4. The standard InChI is InChI=1S/C24H29N5/c1-28(2)16-9-15-25-23-18-21(19-10-4-3-5-11-19)26-24(27-23)29-17-8-13-20-12-6-7-14-22(20)29/h3-7,10-12,14,18H,8-9,13,15-17H2,1-2H3,(H,25,26,27). The maximum atomic E-state index is 4.95. The topological polar surface area (TPSA) is 44.3 Å². The third-order valence-electron chi connectivity index (χ3n) is 5.22. The molecule has 29 heavy (non-hydrogen) atoms. The lowest BCUT2D eigenvalue weighted by molar-refractivity contribution is 0.405. The molecule has 0 bridgehead atoms. The van der Waals surface area contributed by atoms with Gasteiger partial charge in [0.2, 0.25) is 5.95 Å².